The number of rotatable bonds is 22. The molecule has 10 N–H and O–H groups in total. The SMILES string of the molecule is COCOC1C[C@H](n2cc(C#CCOCSSC(C)(C)CCC(=O)c3ccc(-c4c5ccc(=N)c(C)c-5oc5c(C)c(N)ccc45)c(C(=O)O)c3)c(N)nc2=O)O[C@@H]1COP(=O)(O)OP(=O)(O)OP(=O)(O)O. The van der Waals surface area contributed by atoms with Crippen molar-refractivity contribution in [1.29, 1.82) is 5.41 Å². The number of phosphoric acid groups is 3. The van der Waals surface area contributed by atoms with E-state index in [9.17, 15) is 43.0 Å². The van der Waals surface area contributed by atoms with Gasteiger partial charge < -0.3 is 64.9 Å². The zero-order valence-electron chi connectivity index (χ0n) is 39.0. The van der Waals surface area contributed by atoms with Crippen molar-refractivity contribution in [2.24, 2.45) is 0 Å². The maximum absolute atomic E-state index is 13.6. The monoisotopic (exact) mass is 1100 g/mol. The van der Waals surface area contributed by atoms with Gasteiger partial charge in [-0.1, -0.05) is 45.6 Å². The lowest BCUT2D eigenvalue weighted by Gasteiger charge is -2.23. The zero-order valence-corrected chi connectivity index (χ0v) is 43.3. The molecule has 1 aliphatic carbocycles. The molecule has 1 aromatic heterocycles. The van der Waals surface area contributed by atoms with Crippen molar-refractivity contribution < 1.29 is 84.5 Å². The molecule has 2 aliphatic heterocycles. The summed E-state index contributed by atoms with van der Waals surface area (Å²) >= 11 is 0. The quantitative estimate of drug-likeness (QED) is 0.00536. The molecule has 1 fully saturated rings. The molecule has 2 aromatic carbocycles. The molecule has 1 saturated heterocycles. The average molecular weight is 1100 g/mol. The second-order valence-electron chi connectivity index (χ2n) is 16.6. The van der Waals surface area contributed by atoms with Gasteiger partial charge in [-0.25, -0.2) is 23.3 Å². The summed E-state index contributed by atoms with van der Waals surface area (Å²) in [6.45, 7) is 6.27. The fourth-order valence-electron chi connectivity index (χ4n) is 7.35. The molecule has 3 heterocycles. The first-order valence-electron chi connectivity index (χ1n) is 21.2. The Kier molecular flexibility index (Phi) is 18.2. The highest BCUT2D eigenvalue weighted by molar-refractivity contribution is 8.77. The minimum Gasteiger partial charge on any atom is -0.478 e. The molecule has 0 radical (unpaired) electrons. The molecule has 0 amide bonds. The maximum Gasteiger partial charge on any atom is 0.490 e. The van der Waals surface area contributed by atoms with E-state index in [0.29, 0.717) is 56.7 Å². The number of Topliss-reactive ketones (excluding diaryl/α,β-unsaturated/α-hetero) is 1. The summed E-state index contributed by atoms with van der Waals surface area (Å²) in [7, 11) is -12.7. The van der Waals surface area contributed by atoms with Crippen molar-refractivity contribution in [2.75, 3.05) is 44.5 Å². The summed E-state index contributed by atoms with van der Waals surface area (Å²) in [5.41, 5.74) is 15.4. The minimum atomic E-state index is -5.78. The number of carbonyl (C=O) groups excluding carboxylic acids is 1. The zero-order chi connectivity index (χ0) is 52.9. The number of aromatic carboxylic acids is 1. The van der Waals surface area contributed by atoms with Gasteiger partial charge in [0, 0.05) is 69.8 Å². The van der Waals surface area contributed by atoms with Crippen molar-refractivity contribution in [3.8, 4) is 34.3 Å². The minimum absolute atomic E-state index is 0.0651. The van der Waals surface area contributed by atoms with Crippen molar-refractivity contribution in [2.45, 2.75) is 70.1 Å². The standard InChI is InChI=1S/C43H50N5O19P3S2/c1-23-31(44)12-10-28-37(29-11-13-32(45)24(2)39(29)65-38(23)28)27-9-8-25(17-30(27)41(50)51)33(49)14-15-43(3,4)72-71-22-61-16-6-7-26-19-48(42(52)47-40(26)46)36-18-34(62-21-60-5)35(64-36)20-63-69(56,57)67-70(58,59)66-68(53,54)55/h8-13,17,19,34-36,44H,14-16,18,20-22,45H2,1-5H3,(H,50,51)(H,56,57)(H,58,59)(H2,46,47,52)(H2,53,54,55)/t34?,35-,36-/m1/s1. The number of fused-ring (bicyclic) bond motifs is 2. The predicted molar refractivity (Wildman–Crippen MR) is 263 cm³/mol. The first-order valence-corrected chi connectivity index (χ1v) is 28.0. The first-order chi connectivity index (χ1) is 33.7. The number of carbonyl (C=O) groups is 2. The van der Waals surface area contributed by atoms with E-state index in [2.05, 4.69) is 25.4 Å². The number of methoxy groups -OCH3 is 1. The molecule has 0 bridgehead atoms. The molecule has 3 unspecified atom stereocenters. The second-order valence-corrected chi connectivity index (χ2v) is 23.9. The van der Waals surface area contributed by atoms with E-state index in [0.717, 1.165) is 4.57 Å². The van der Waals surface area contributed by atoms with E-state index in [1.54, 1.807) is 50.2 Å². The van der Waals surface area contributed by atoms with Crippen LogP contribution >= 0.6 is 45.1 Å². The molecule has 72 heavy (non-hydrogen) atoms. The van der Waals surface area contributed by atoms with E-state index in [4.69, 9.17) is 54.6 Å². The Labute approximate surface area is 418 Å². The van der Waals surface area contributed by atoms with Crippen LogP contribution in [-0.2, 0) is 45.8 Å². The van der Waals surface area contributed by atoms with Gasteiger partial charge in [0.15, 0.2) is 5.78 Å². The number of ketones is 1. The Bertz CT molecular complexity index is 3190. The van der Waals surface area contributed by atoms with Gasteiger partial charge >= 0.3 is 35.1 Å². The highest BCUT2D eigenvalue weighted by atomic mass is 33.1. The summed E-state index contributed by atoms with van der Waals surface area (Å²) in [5, 5.41) is 19.7. The summed E-state index contributed by atoms with van der Waals surface area (Å²) in [6.07, 6.45) is -1.61. The fourth-order valence-corrected chi connectivity index (χ4v) is 12.6. The number of phosphoric ester groups is 1. The van der Waals surface area contributed by atoms with Crippen LogP contribution in [0, 0.1) is 31.1 Å². The van der Waals surface area contributed by atoms with Gasteiger partial charge in [0.2, 0.25) is 0 Å². The highest BCUT2D eigenvalue weighted by Crippen LogP contribution is 2.66. The normalized spacial score (nSPS) is 17.9. The third-order valence-electron chi connectivity index (χ3n) is 10.9. The molecule has 0 spiro atoms. The van der Waals surface area contributed by atoms with E-state index >= 15 is 0 Å². The lowest BCUT2D eigenvalue weighted by molar-refractivity contribution is -0.107. The van der Waals surface area contributed by atoms with Gasteiger partial charge in [-0.3, -0.25) is 13.9 Å². The number of carboxylic acid groups (broad SMARTS) is 1. The van der Waals surface area contributed by atoms with Crippen molar-refractivity contribution >= 4 is 79.3 Å². The van der Waals surface area contributed by atoms with Crippen molar-refractivity contribution in [3.63, 3.8) is 0 Å². The smallest absolute Gasteiger partial charge is 0.478 e. The van der Waals surface area contributed by atoms with Crippen LogP contribution in [0.2, 0.25) is 0 Å². The second kappa shape index (κ2) is 23.2. The van der Waals surface area contributed by atoms with Crippen LogP contribution in [0.15, 0.2) is 57.9 Å². The predicted octanol–water partition coefficient (Wildman–Crippen LogP) is 6.49. The summed E-state index contributed by atoms with van der Waals surface area (Å²) in [6, 6.07) is 11.5. The van der Waals surface area contributed by atoms with Crippen molar-refractivity contribution in [1.82, 2.24) is 9.55 Å². The van der Waals surface area contributed by atoms with Crippen LogP contribution in [0.5, 0.6) is 0 Å². The number of nitrogens with two attached hydrogens (primary N) is 2. The van der Waals surface area contributed by atoms with Gasteiger partial charge in [-0.15, -0.1) is 0 Å². The molecule has 3 aliphatic rings. The molecule has 29 heteroatoms. The van der Waals surface area contributed by atoms with E-state index in [-0.39, 0.29) is 65.8 Å². The Morgan fingerprint density at radius 2 is 1.74 bits per heavy atom. The number of carboxylic acids is 1. The number of nitrogen functional groups attached to an aromatic ring is 2. The summed E-state index contributed by atoms with van der Waals surface area (Å²) in [5.74, 6) is 4.53. The molecule has 24 nitrogen and oxygen atoms in total. The van der Waals surface area contributed by atoms with E-state index < -0.39 is 64.9 Å². The fraction of sp³-hybridized carbons (Fsp3) is 0.372. The summed E-state index contributed by atoms with van der Waals surface area (Å²) in [4.78, 5) is 80.0. The van der Waals surface area contributed by atoms with Crippen LogP contribution < -0.4 is 22.5 Å². The number of nitrogens with one attached hydrogen (secondary N) is 1. The lowest BCUT2D eigenvalue weighted by atomic mass is 9.87. The Morgan fingerprint density at radius 3 is 2.43 bits per heavy atom. The molecular weight excluding hydrogens is 1050 g/mol. The number of hydrogen-bond acceptors (Lipinski definition) is 20. The largest absolute Gasteiger partial charge is 0.490 e. The highest BCUT2D eigenvalue weighted by Gasteiger charge is 2.44. The summed E-state index contributed by atoms with van der Waals surface area (Å²) < 4.78 is 76.1. The van der Waals surface area contributed by atoms with Gasteiger partial charge in [-0.2, -0.15) is 13.6 Å². The number of benzene rings is 3. The maximum atomic E-state index is 13.6. The number of aromatic nitrogens is 2. The number of ether oxygens (including phenoxy) is 4. The third-order valence-corrected chi connectivity index (χ3v) is 17.7. The molecular formula is C43H50N5O19P3S2. The van der Waals surface area contributed by atoms with Gasteiger partial charge in [-0.05, 0) is 70.0 Å². The van der Waals surface area contributed by atoms with Crippen LogP contribution in [0.1, 0.15) is 76.7 Å². The molecule has 388 valence electrons. The number of anilines is 2. The Morgan fingerprint density at radius 1 is 1.01 bits per heavy atom. The topological polar surface area (TPSA) is 375 Å². The lowest BCUT2D eigenvalue weighted by Crippen LogP contribution is -2.30. The van der Waals surface area contributed by atoms with E-state index in [1.807, 2.05) is 13.8 Å². The van der Waals surface area contributed by atoms with Gasteiger partial charge in [0.25, 0.3) is 0 Å². The number of nitrogens with zero attached hydrogens (tertiary/aromatic N) is 2. The van der Waals surface area contributed by atoms with Gasteiger partial charge in [0.05, 0.1) is 29.2 Å². The molecule has 6 rings (SSSR count). The Hall–Kier alpha value is -4.74. The van der Waals surface area contributed by atoms with Gasteiger partial charge in [0.1, 0.15) is 48.8 Å². The average Bonchev–Trinajstić information content (AvgIpc) is 3.70. The van der Waals surface area contributed by atoms with E-state index in [1.165, 1.54) is 41.0 Å². The Balaban J connectivity index is 1.03. The molecule has 0 saturated carbocycles. The number of hydrogen-bond donors (Lipinski definition) is 8. The third kappa shape index (κ3) is 14.3. The first kappa shape index (κ1) is 56.6. The van der Waals surface area contributed by atoms with Crippen LogP contribution in [-0.4, -0.2) is 96.0 Å². The number of aryl methyl sites for hydroxylation is 1. The van der Waals surface area contributed by atoms with Crippen LogP contribution in [0.4, 0.5) is 11.5 Å². The van der Waals surface area contributed by atoms with Crippen molar-refractivity contribution in [3.05, 3.63) is 92.3 Å². The van der Waals surface area contributed by atoms with Crippen LogP contribution in [0.3, 0.4) is 0 Å². The molecule has 5 atom stereocenters. The van der Waals surface area contributed by atoms with Crippen LogP contribution in [0.25, 0.3) is 33.4 Å². The molecule has 3 aromatic rings.